The molecule has 2 unspecified atom stereocenters. The third kappa shape index (κ3) is 25.0. The average molecular weight is 298 g/mol. The van der Waals surface area contributed by atoms with E-state index in [1.165, 1.54) is 13.0 Å². The molecule has 6 heteroatoms. The standard InChI is InChI=1S/C6H12O3.C6H14O2.Ti/c1-3-9-6(8)4-5(2)7;1-5(7)4-6(2,3)8;/h4-5,7-8H,3H2,1-2H3;5,7-8H,4H2,1-3H3;. The number of rotatable bonds is 5. The van der Waals surface area contributed by atoms with Gasteiger partial charge in [0.1, 0.15) is 0 Å². The molecule has 2 atom stereocenters. The Balaban J connectivity index is -0.000000238. The third-order valence-corrected chi connectivity index (χ3v) is 1.47. The van der Waals surface area contributed by atoms with Crippen molar-refractivity contribution in [1.82, 2.24) is 0 Å². The Morgan fingerprint density at radius 1 is 1.28 bits per heavy atom. The number of aliphatic hydroxyl groups excluding tert-OH is 3. The zero-order valence-electron chi connectivity index (χ0n) is 11.8. The van der Waals surface area contributed by atoms with Gasteiger partial charge in [0.2, 0.25) is 0 Å². The van der Waals surface area contributed by atoms with E-state index >= 15 is 0 Å². The molecule has 18 heavy (non-hydrogen) atoms. The van der Waals surface area contributed by atoms with Crippen molar-refractivity contribution in [3.63, 3.8) is 0 Å². The van der Waals surface area contributed by atoms with Gasteiger partial charge in [-0.15, -0.1) is 0 Å². The predicted molar refractivity (Wildman–Crippen MR) is 66.6 cm³/mol. The maximum atomic E-state index is 9.03. The van der Waals surface area contributed by atoms with Gasteiger partial charge in [-0.05, 0) is 34.6 Å². The second kappa shape index (κ2) is 12.0. The van der Waals surface area contributed by atoms with Crippen LogP contribution in [0.3, 0.4) is 0 Å². The monoisotopic (exact) mass is 298 g/mol. The molecule has 0 aromatic carbocycles. The first-order valence-electron chi connectivity index (χ1n) is 5.70. The molecular weight excluding hydrogens is 272 g/mol. The first kappa shape index (κ1) is 23.1. The van der Waals surface area contributed by atoms with Gasteiger partial charge in [-0.2, -0.15) is 0 Å². The maximum absolute atomic E-state index is 9.03. The van der Waals surface area contributed by atoms with Crippen molar-refractivity contribution in [2.45, 2.75) is 58.8 Å². The van der Waals surface area contributed by atoms with E-state index in [0.717, 1.165) is 0 Å². The van der Waals surface area contributed by atoms with Crippen LogP contribution in [0.5, 0.6) is 0 Å². The van der Waals surface area contributed by atoms with Crippen LogP contribution in [0.25, 0.3) is 0 Å². The van der Waals surface area contributed by atoms with Gasteiger partial charge in [0.05, 0.1) is 24.4 Å². The van der Waals surface area contributed by atoms with Crippen LogP contribution in [0.2, 0.25) is 0 Å². The fourth-order valence-electron chi connectivity index (χ4n) is 1.13. The molecule has 0 aliphatic carbocycles. The quantitative estimate of drug-likeness (QED) is 0.454. The Hall–Kier alpha value is -0.0657. The molecular formula is C12H26O5Ti. The van der Waals surface area contributed by atoms with E-state index in [1.54, 1.807) is 27.7 Å². The van der Waals surface area contributed by atoms with Crippen LogP contribution in [0.1, 0.15) is 41.0 Å². The van der Waals surface area contributed by atoms with E-state index in [9.17, 15) is 0 Å². The van der Waals surface area contributed by atoms with Gasteiger partial charge in [-0.1, -0.05) is 0 Å². The summed E-state index contributed by atoms with van der Waals surface area (Å²) in [5.41, 5.74) is -0.728. The molecule has 0 fully saturated rings. The summed E-state index contributed by atoms with van der Waals surface area (Å²) in [6.45, 7) is 8.73. The normalized spacial score (nSPS) is 14.8. The molecule has 0 amide bonds. The minimum absolute atomic E-state index is 0. The first-order chi connectivity index (χ1) is 7.58. The average Bonchev–Trinajstić information content (AvgIpc) is 1.97. The van der Waals surface area contributed by atoms with Crippen molar-refractivity contribution in [1.29, 1.82) is 0 Å². The van der Waals surface area contributed by atoms with Crippen LogP contribution in [-0.4, -0.2) is 44.8 Å². The minimum atomic E-state index is -0.728. The van der Waals surface area contributed by atoms with Crippen LogP contribution >= 0.6 is 0 Å². The second-order valence-corrected chi connectivity index (χ2v) is 4.54. The van der Waals surface area contributed by atoms with Crippen LogP contribution < -0.4 is 0 Å². The van der Waals surface area contributed by atoms with E-state index < -0.39 is 17.8 Å². The summed E-state index contributed by atoms with van der Waals surface area (Å²) in [6.07, 6.45) is 0.600. The van der Waals surface area contributed by atoms with E-state index in [0.29, 0.717) is 13.0 Å². The van der Waals surface area contributed by atoms with Gasteiger partial charge in [-0.3, -0.25) is 0 Å². The van der Waals surface area contributed by atoms with Crippen LogP contribution in [0.15, 0.2) is 12.0 Å². The zero-order chi connectivity index (χ0) is 14.1. The molecule has 0 rings (SSSR count). The molecule has 108 valence electrons. The molecule has 0 saturated heterocycles. The Morgan fingerprint density at radius 3 is 1.89 bits per heavy atom. The van der Waals surface area contributed by atoms with E-state index in [4.69, 9.17) is 20.4 Å². The number of aliphatic hydroxyl groups is 4. The summed E-state index contributed by atoms with van der Waals surface area (Å²) in [5, 5.41) is 35.1. The molecule has 0 saturated carbocycles. The van der Waals surface area contributed by atoms with Crippen LogP contribution in [0, 0.1) is 0 Å². The Morgan fingerprint density at radius 2 is 1.72 bits per heavy atom. The molecule has 0 aromatic rings. The van der Waals surface area contributed by atoms with Gasteiger partial charge in [-0.25, -0.2) is 0 Å². The molecule has 0 heterocycles. The number of ether oxygens (including phenoxy) is 1. The zero-order valence-corrected chi connectivity index (χ0v) is 13.4. The van der Waals surface area contributed by atoms with E-state index in [-0.39, 0.29) is 27.7 Å². The molecule has 0 aliphatic rings. The molecule has 4 N–H and O–H groups in total. The van der Waals surface area contributed by atoms with Crippen LogP contribution in [0.4, 0.5) is 0 Å². The largest absolute Gasteiger partial charge is 0.481 e. The topological polar surface area (TPSA) is 90.2 Å². The molecule has 5 nitrogen and oxygen atoms in total. The molecule has 0 radical (unpaired) electrons. The Labute approximate surface area is 124 Å². The summed E-state index contributed by atoms with van der Waals surface area (Å²) in [6, 6.07) is 0. The molecule has 0 aliphatic heterocycles. The van der Waals surface area contributed by atoms with Crippen LogP contribution in [-0.2, 0) is 26.5 Å². The number of hydrogen-bond donors (Lipinski definition) is 4. The SMILES string of the molecule is CC(O)CC(C)(C)O.CCOC(O)=CC(C)O.[Ti]. The summed E-state index contributed by atoms with van der Waals surface area (Å²) in [5.74, 6) is -0.215. The number of hydrogen-bond acceptors (Lipinski definition) is 5. The Bertz CT molecular complexity index is 209. The van der Waals surface area contributed by atoms with Crippen molar-refractivity contribution in [3.05, 3.63) is 12.0 Å². The fourth-order valence-corrected chi connectivity index (χ4v) is 1.13. The van der Waals surface area contributed by atoms with Crippen molar-refractivity contribution >= 4 is 0 Å². The molecule has 0 aromatic heterocycles. The van der Waals surface area contributed by atoms with Gasteiger partial charge < -0.3 is 25.2 Å². The van der Waals surface area contributed by atoms with E-state index in [1.807, 2.05) is 0 Å². The van der Waals surface area contributed by atoms with Gasteiger partial charge in [0, 0.05) is 34.2 Å². The molecule has 0 bridgehead atoms. The van der Waals surface area contributed by atoms with Crippen molar-refractivity contribution in [2.24, 2.45) is 0 Å². The predicted octanol–water partition coefficient (Wildman–Crippen LogP) is 1.33. The smallest absolute Gasteiger partial charge is 0.274 e. The summed E-state index contributed by atoms with van der Waals surface area (Å²) < 4.78 is 4.61. The minimum Gasteiger partial charge on any atom is -0.481 e. The van der Waals surface area contributed by atoms with Crippen molar-refractivity contribution in [2.75, 3.05) is 6.61 Å². The third-order valence-electron chi connectivity index (χ3n) is 1.47. The fraction of sp³-hybridized carbons (Fsp3) is 0.833. The van der Waals surface area contributed by atoms with Gasteiger partial charge >= 0.3 is 0 Å². The summed E-state index contributed by atoms with van der Waals surface area (Å²) in [7, 11) is 0. The molecule has 0 spiro atoms. The van der Waals surface area contributed by atoms with E-state index in [2.05, 4.69) is 4.74 Å². The van der Waals surface area contributed by atoms with Gasteiger partial charge in [0.25, 0.3) is 5.95 Å². The van der Waals surface area contributed by atoms with Gasteiger partial charge in [0.15, 0.2) is 0 Å². The summed E-state index contributed by atoms with van der Waals surface area (Å²) in [4.78, 5) is 0. The van der Waals surface area contributed by atoms with Crippen molar-refractivity contribution < 1.29 is 46.9 Å². The summed E-state index contributed by atoms with van der Waals surface area (Å²) >= 11 is 0. The maximum Gasteiger partial charge on any atom is 0.274 e. The first-order valence-corrected chi connectivity index (χ1v) is 5.70. The Kier molecular flexibility index (Phi) is 15.4. The van der Waals surface area contributed by atoms with Crippen molar-refractivity contribution in [3.8, 4) is 0 Å². The second-order valence-electron chi connectivity index (χ2n) is 4.54.